The van der Waals surface area contributed by atoms with Crippen molar-refractivity contribution in [1.82, 2.24) is 5.01 Å². The summed E-state index contributed by atoms with van der Waals surface area (Å²) in [7, 11) is 0. The Morgan fingerprint density at radius 3 is 2.68 bits per heavy atom. The number of hydrogen-bond acceptors (Lipinski definition) is 6. The molecule has 0 unspecified atom stereocenters. The summed E-state index contributed by atoms with van der Waals surface area (Å²) in [5.41, 5.74) is 0.923. The number of ether oxygens (including phenoxy) is 2. The summed E-state index contributed by atoms with van der Waals surface area (Å²) in [5, 5.41) is 16.5. The van der Waals surface area contributed by atoms with Gasteiger partial charge in [-0.2, -0.15) is 5.10 Å². The van der Waals surface area contributed by atoms with E-state index < -0.39 is 12.6 Å². The largest absolute Gasteiger partial charge is 0.546 e. The molecule has 2 rings (SSSR count). The van der Waals surface area contributed by atoms with Crippen molar-refractivity contribution in [3.05, 3.63) is 29.8 Å². The van der Waals surface area contributed by atoms with Gasteiger partial charge in [-0.05, 0) is 29.8 Å². The number of morpholine rings is 1. The molecule has 1 saturated heterocycles. The lowest BCUT2D eigenvalue weighted by Gasteiger charge is -2.23. The fourth-order valence-corrected chi connectivity index (χ4v) is 1.61. The first-order valence-corrected chi connectivity index (χ1v) is 6.03. The van der Waals surface area contributed by atoms with Crippen molar-refractivity contribution in [2.45, 2.75) is 0 Å². The van der Waals surface area contributed by atoms with Crippen LogP contribution in [0.5, 0.6) is 5.75 Å². The Balaban J connectivity index is 1.87. The van der Waals surface area contributed by atoms with Gasteiger partial charge in [0.2, 0.25) is 0 Å². The van der Waals surface area contributed by atoms with Crippen molar-refractivity contribution in [1.29, 1.82) is 0 Å². The van der Waals surface area contributed by atoms with Crippen LogP contribution in [-0.2, 0) is 9.53 Å². The Morgan fingerprint density at radius 2 is 2.05 bits per heavy atom. The smallest absolute Gasteiger partial charge is 0.128 e. The lowest BCUT2D eigenvalue weighted by atomic mass is 10.2. The molecular weight excluding hydrogens is 248 g/mol. The molecule has 6 nitrogen and oxygen atoms in total. The summed E-state index contributed by atoms with van der Waals surface area (Å²) in [6.45, 7) is 2.55. The minimum Gasteiger partial charge on any atom is -0.546 e. The number of aliphatic carboxylic acids is 1. The second-order valence-corrected chi connectivity index (χ2v) is 4.04. The zero-order valence-electron chi connectivity index (χ0n) is 10.4. The fraction of sp³-hybridized carbons (Fsp3) is 0.385. The maximum Gasteiger partial charge on any atom is 0.128 e. The number of carboxylic acid groups (broad SMARTS) is 1. The maximum atomic E-state index is 10.2. The summed E-state index contributed by atoms with van der Waals surface area (Å²) in [4.78, 5) is 10.2. The first-order valence-electron chi connectivity index (χ1n) is 6.03. The standard InChI is InChI=1S/C13H16N2O4/c16-13(17)10-19-12-3-1-11(2-4-12)9-14-15-5-7-18-8-6-15/h1-4,9H,5-8,10H2,(H,16,17)/p-1/b14-9-. The van der Waals surface area contributed by atoms with Crippen LogP contribution in [-0.4, -0.2) is 50.1 Å². The van der Waals surface area contributed by atoms with Gasteiger partial charge in [-0.25, -0.2) is 0 Å². The van der Waals surface area contributed by atoms with Crippen LogP contribution in [0.2, 0.25) is 0 Å². The number of carboxylic acids is 1. The highest BCUT2D eigenvalue weighted by Gasteiger charge is 2.06. The highest BCUT2D eigenvalue weighted by molar-refractivity contribution is 5.79. The van der Waals surface area contributed by atoms with Crippen molar-refractivity contribution in [2.24, 2.45) is 5.10 Å². The van der Waals surface area contributed by atoms with Gasteiger partial charge in [0.15, 0.2) is 0 Å². The van der Waals surface area contributed by atoms with E-state index in [1.165, 1.54) is 0 Å². The number of benzene rings is 1. The molecule has 1 heterocycles. The molecule has 6 heteroatoms. The summed E-state index contributed by atoms with van der Waals surface area (Å²) in [5.74, 6) is -0.745. The number of hydrazone groups is 1. The summed E-state index contributed by atoms with van der Waals surface area (Å²) >= 11 is 0. The van der Waals surface area contributed by atoms with Crippen molar-refractivity contribution in [3.8, 4) is 5.75 Å². The third-order valence-corrected chi connectivity index (χ3v) is 2.59. The van der Waals surface area contributed by atoms with Crippen LogP contribution in [0.1, 0.15) is 5.56 Å². The van der Waals surface area contributed by atoms with Gasteiger partial charge in [0.05, 0.1) is 38.5 Å². The lowest BCUT2D eigenvalue weighted by molar-refractivity contribution is -0.307. The van der Waals surface area contributed by atoms with Crippen LogP contribution < -0.4 is 9.84 Å². The van der Waals surface area contributed by atoms with Crippen LogP contribution in [0.3, 0.4) is 0 Å². The molecule has 1 aliphatic rings. The van der Waals surface area contributed by atoms with Crippen molar-refractivity contribution >= 4 is 12.2 Å². The second-order valence-electron chi connectivity index (χ2n) is 4.04. The van der Waals surface area contributed by atoms with E-state index in [9.17, 15) is 9.90 Å². The molecule has 0 radical (unpaired) electrons. The summed E-state index contributed by atoms with van der Waals surface area (Å²) in [6, 6.07) is 7.02. The topological polar surface area (TPSA) is 74.2 Å². The first-order chi connectivity index (χ1) is 9.24. The molecule has 1 aromatic rings. The van der Waals surface area contributed by atoms with E-state index in [-0.39, 0.29) is 0 Å². The quantitative estimate of drug-likeness (QED) is 0.668. The monoisotopic (exact) mass is 263 g/mol. The van der Waals surface area contributed by atoms with Crippen molar-refractivity contribution < 1.29 is 19.4 Å². The molecule has 1 fully saturated rings. The van der Waals surface area contributed by atoms with E-state index >= 15 is 0 Å². The van der Waals surface area contributed by atoms with Gasteiger partial charge in [0, 0.05) is 0 Å². The van der Waals surface area contributed by atoms with E-state index in [1.54, 1.807) is 18.3 Å². The Morgan fingerprint density at radius 1 is 1.37 bits per heavy atom. The summed E-state index contributed by atoms with van der Waals surface area (Å²) < 4.78 is 10.2. The minimum absolute atomic E-state index is 0.443. The average molecular weight is 263 g/mol. The van der Waals surface area contributed by atoms with Gasteiger partial charge >= 0.3 is 0 Å². The molecule has 19 heavy (non-hydrogen) atoms. The summed E-state index contributed by atoms with van der Waals surface area (Å²) in [6.07, 6.45) is 1.76. The zero-order chi connectivity index (χ0) is 13.5. The van der Waals surface area contributed by atoms with Crippen molar-refractivity contribution in [3.63, 3.8) is 0 Å². The van der Waals surface area contributed by atoms with E-state index in [0.717, 1.165) is 18.7 Å². The Bertz CT molecular complexity index is 438. The molecule has 0 aromatic heterocycles. The molecule has 0 bridgehead atoms. The van der Waals surface area contributed by atoms with Crippen LogP contribution in [0.15, 0.2) is 29.4 Å². The normalized spacial score (nSPS) is 15.7. The predicted octanol–water partition coefficient (Wildman–Crippen LogP) is -0.519. The number of carbonyl (C=O) groups excluding carboxylic acids is 1. The van der Waals surface area contributed by atoms with E-state index in [0.29, 0.717) is 19.0 Å². The Kier molecular flexibility index (Phi) is 4.74. The molecule has 1 aromatic carbocycles. The predicted molar refractivity (Wildman–Crippen MR) is 66.9 cm³/mol. The third-order valence-electron chi connectivity index (χ3n) is 2.59. The van der Waals surface area contributed by atoms with Crippen LogP contribution >= 0.6 is 0 Å². The molecule has 0 amide bonds. The van der Waals surface area contributed by atoms with Gasteiger partial charge in [-0.3, -0.25) is 5.01 Å². The van der Waals surface area contributed by atoms with E-state index in [1.807, 2.05) is 17.1 Å². The molecule has 0 aliphatic carbocycles. The minimum atomic E-state index is -1.24. The molecule has 0 atom stereocenters. The van der Waals surface area contributed by atoms with Gasteiger partial charge in [0.25, 0.3) is 0 Å². The van der Waals surface area contributed by atoms with Gasteiger partial charge in [-0.15, -0.1) is 0 Å². The van der Waals surface area contributed by atoms with Crippen LogP contribution in [0.4, 0.5) is 0 Å². The zero-order valence-corrected chi connectivity index (χ0v) is 10.4. The molecule has 0 saturated carbocycles. The maximum absolute atomic E-state index is 10.2. The Hall–Kier alpha value is -2.08. The Labute approximate surface area is 111 Å². The average Bonchev–Trinajstić information content (AvgIpc) is 2.45. The first kappa shape index (κ1) is 13.4. The molecular formula is C13H15N2O4-. The van der Waals surface area contributed by atoms with Gasteiger partial charge in [0.1, 0.15) is 12.4 Å². The van der Waals surface area contributed by atoms with Gasteiger partial charge in [-0.1, -0.05) is 0 Å². The second kappa shape index (κ2) is 6.75. The molecule has 1 aliphatic heterocycles. The highest BCUT2D eigenvalue weighted by Crippen LogP contribution is 2.11. The number of rotatable bonds is 5. The SMILES string of the molecule is O=C([O-])COc1ccc(/C=N\N2CCOCC2)cc1. The van der Waals surface area contributed by atoms with Crippen LogP contribution in [0, 0.1) is 0 Å². The highest BCUT2D eigenvalue weighted by atomic mass is 16.5. The molecule has 102 valence electrons. The number of carbonyl (C=O) groups is 1. The fourth-order valence-electron chi connectivity index (χ4n) is 1.61. The van der Waals surface area contributed by atoms with Crippen LogP contribution in [0.25, 0.3) is 0 Å². The van der Waals surface area contributed by atoms with Gasteiger partial charge < -0.3 is 19.4 Å². The number of hydrogen-bond donors (Lipinski definition) is 0. The lowest BCUT2D eigenvalue weighted by Crippen LogP contribution is -2.32. The van der Waals surface area contributed by atoms with E-state index in [4.69, 9.17) is 9.47 Å². The molecule has 0 N–H and O–H groups in total. The molecule has 0 spiro atoms. The third kappa shape index (κ3) is 4.59. The number of nitrogens with zero attached hydrogens (tertiary/aromatic N) is 2. The van der Waals surface area contributed by atoms with Crippen molar-refractivity contribution in [2.75, 3.05) is 32.9 Å². The van der Waals surface area contributed by atoms with E-state index in [2.05, 4.69) is 5.10 Å².